The Morgan fingerprint density at radius 3 is 2.88 bits per heavy atom. The van der Waals surface area contributed by atoms with Gasteiger partial charge in [-0.3, -0.25) is 0 Å². The van der Waals surface area contributed by atoms with Crippen LogP contribution in [0.5, 0.6) is 0 Å². The predicted molar refractivity (Wildman–Crippen MR) is 61.9 cm³/mol. The molecule has 0 N–H and O–H groups in total. The van der Waals surface area contributed by atoms with E-state index in [-0.39, 0.29) is 11.5 Å². The van der Waals surface area contributed by atoms with Crippen LogP contribution in [0.3, 0.4) is 0 Å². The van der Waals surface area contributed by atoms with Crippen LogP contribution < -0.4 is 0 Å². The SMILES string of the molecule is Cc1nc(CC2(C#N)CCS(=O)(=O)C2)cs1. The summed E-state index contributed by atoms with van der Waals surface area (Å²) >= 11 is 1.53. The summed E-state index contributed by atoms with van der Waals surface area (Å²) < 4.78 is 22.9. The molecule has 4 nitrogen and oxygen atoms in total. The average molecular weight is 256 g/mol. The minimum atomic E-state index is -3.03. The van der Waals surface area contributed by atoms with E-state index in [1.165, 1.54) is 11.3 Å². The summed E-state index contributed by atoms with van der Waals surface area (Å²) in [5, 5.41) is 12.0. The second-order valence-corrected chi connectivity index (χ2v) is 7.52. The standard InChI is InChI=1S/C10H12N2O2S2/c1-8-12-9(5-15-8)4-10(6-11)2-3-16(13,14)7-10/h5H,2-4,7H2,1H3. The van der Waals surface area contributed by atoms with Crippen molar-refractivity contribution in [1.29, 1.82) is 5.26 Å². The highest BCUT2D eigenvalue weighted by atomic mass is 32.2. The lowest BCUT2D eigenvalue weighted by atomic mass is 9.85. The van der Waals surface area contributed by atoms with Crippen LogP contribution in [0.15, 0.2) is 5.38 Å². The molecule has 86 valence electrons. The zero-order valence-electron chi connectivity index (χ0n) is 8.93. The van der Waals surface area contributed by atoms with Crippen LogP contribution in [0.2, 0.25) is 0 Å². The van der Waals surface area contributed by atoms with Gasteiger partial charge in [-0.05, 0) is 13.3 Å². The third-order valence-electron chi connectivity index (χ3n) is 2.81. The Morgan fingerprint density at radius 2 is 2.44 bits per heavy atom. The van der Waals surface area contributed by atoms with E-state index in [1.807, 2.05) is 12.3 Å². The number of sulfone groups is 1. The molecule has 0 radical (unpaired) electrons. The van der Waals surface area contributed by atoms with E-state index < -0.39 is 15.3 Å². The molecular formula is C10H12N2O2S2. The van der Waals surface area contributed by atoms with Crippen molar-refractivity contribution in [3.63, 3.8) is 0 Å². The fraction of sp³-hybridized carbons (Fsp3) is 0.600. The van der Waals surface area contributed by atoms with Crippen molar-refractivity contribution in [2.75, 3.05) is 11.5 Å². The largest absolute Gasteiger partial charge is 0.247 e. The number of thiazole rings is 1. The van der Waals surface area contributed by atoms with Crippen LogP contribution in [0.1, 0.15) is 17.1 Å². The van der Waals surface area contributed by atoms with E-state index in [0.29, 0.717) is 12.8 Å². The van der Waals surface area contributed by atoms with Gasteiger partial charge in [0.25, 0.3) is 0 Å². The van der Waals surface area contributed by atoms with Gasteiger partial charge in [0.2, 0.25) is 0 Å². The molecular weight excluding hydrogens is 244 g/mol. The summed E-state index contributed by atoms with van der Waals surface area (Å²) in [4.78, 5) is 4.29. The summed E-state index contributed by atoms with van der Waals surface area (Å²) in [6, 6.07) is 2.18. The Hall–Kier alpha value is -0.930. The molecule has 0 aliphatic carbocycles. The van der Waals surface area contributed by atoms with Crippen LogP contribution in [-0.2, 0) is 16.3 Å². The molecule has 1 unspecified atom stereocenters. The zero-order chi connectivity index (χ0) is 11.8. The number of aromatic nitrogens is 1. The first-order valence-corrected chi connectivity index (χ1v) is 7.68. The van der Waals surface area contributed by atoms with Gasteiger partial charge >= 0.3 is 0 Å². The van der Waals surface area contributed by atoms with Gasteiger partial charge in [-0.25, -0.2) is 13.4 Å². The summed E-state index contributed by atoms with van der Waals surface area (Å²) in [7, 11) is -3.03. The third kappa shape index (κ3) is 2.25. The molecule has 0 bridgehead atoms. The fourth-order valence-electron chi connectivity index (χ4n) is 2.02. The molecule has 6 heteroatoms. The first-order chi connectivity index (χ1) is 7.45. The first-order valence-electron chi connectivity index (χ1n) is 4.97. The Labute approximate surface area is 98.9 Å². The summed E-state index contributed by atoms with van der Waals surface area (Å²) in [5.74, 6) is 0.108. The van der Waals surface area contributed by atoms with Crippen molar-refractivity contribution in [2.24, 2.45) is 5.41 Å². The average Bonchev–Trinajstić information content (AvgIpc) is 2.72. The zero-order valence-corrected chi connectivity index (χ0v) is 10.6. The van der Waals surface area contributed by atoms with Crippen molar-refractivity contribution >= 4 is 21.2 Å². The Morgan fingerprint density at radius 1 is 1.69 bits per heavy atom. The van der Waals surface area contributed by atoms with Crippen molar-refractivity contribution in [1.82, 2.24) is 4.98 Å². The molecule has 1 aromatic heterocycles. The first kappa shape index (κ1) is 11.6. The number of nitrogens with zero attached hydrogens (tertiary/aromatic N) is 2. The molecule has 0 amide bonds. The fourth-order valence-corrected chi connectivity index (χ4v) is 4.63. The molecule has 1 atom stereocenters. The van der Waals surface area contributed by atoms with Crippen molar-refractivity contribution in [3.05, 3.63) is 16.1 Å². The van der Waals surface area contributed by atoms with E-state index in [2.05, 4.69) is 11.1 Å². The molecule has 2 heterocycles. The maximum atomic E-state index is 11.4. The third-order valence-corrected chi connectivity index (χ3v) is 5.45. The lowest BCUT2D eigenvalue weighted by Crippen LogP contribution is -2.23. The smallest absolute Gasteiger partial charge is 0.151 e. The lowest BCUT2D eigenvalue weighted by Gasteiger charge is -2.16. The van der Waals surface area contributed by atoms with Crippen LogP contribution in [0, 0.1) is 23.7 Å². The summed E-state index contributed by atoms with van der Waals surface area (Å²) in [5.41, 5.74) is 0.0838. The predicted octanol–water partition coefficient (Wildman–Crippen LogP) is 1.32. The quantitative estimate of drug-likeness (QED) is 0.800. The van der Waals surface area contributed by atoms with Gasteiger partial charge in [-0.2, -0.15) is 5.26 Å². The molecule has 16 heavy (non-hydrogen) atoms. The minimum absolute atomic E-state index is 0.0208. The highest BCUT2D eigenvalue weighted by Gasteiger charge is 2.43. The molecule has 0 saturated carbocycles. The van der Waals surface area contributed by atoms with E-state index in [4.69, 9.17) is 0 Å². The molecule has 0 aromatic carbocycles. The van der Waals surface area contributed by atoms with Gasteiger partial charge in [0.1, 0.15) is 0 Å². The van der Waals surface area contributed by atoms with Gasteiger partial charge in [0, 0.05) is 11.8 Å². The number of aryl methyl sites for hydroxylation is 1. The highest BCUT2D eigenvalue weighted by Crippen LogP contribution is 2.35. The second-order valence-electron chi connectivity index (χ2n) is 4.27. The number of hydrogen-bond donors (Lipinski definition) is 0. The lowest BCUT2D eigenvalue weighted by molar-refractivity contribution is 0.446. The van der Waals surface area contributed by atoms with E-state index in [9.17, 15) is 13.7 Å². The highest BCUT2D eigenvalue weighted by molar-refractivity contribution is 7.91. The Bertz CT molecular complexity index is 541. The molecule has 2 rings (SSSR count). The van der Waals surface area contributed by atoms with E-state index in [0.717, 1.165) is 10.7 Å². The van der Waals surface area contributed by atoms with Gasteiger partial charge < -0.3 is 0 Å². The van der Waals surface area contributed by atoms with Gasteiger partial charge in [0.05, 0.1) is 33.7 Å². The van der Waals surface area contributed by atoms with Crippen LogP contribution in [-0.4, -0.2) is 24.9 Å². The van der Waals surface area contributed by atoms with Gasteiger partial charge in [0.15, 0.2) is 9.84 Å². The minimum Gasteiger partial charge on any atom is -0.247 e. The van der Waals surface area contributed by atoms with Gasteiger partial charge in [-0.1, -0.05) is 0 Å². The normalized spacial score (nSPS) is 27.8. The number of rotatable bonds is 2. The van der Waals surface area contributed by atoms with Crippen molar-refractivity contribution in [3.8, 4) is 6.07 Å². The number of nitriles is 1. The van der Waals surface area contributed by atoms with E-state index >= 15 is 0 Å². The van der Waals surface area contributed by atoms with Crippen LogP contribution in [0.4, 0.5) is 0 Å². The van der Waals surface area contributed by atoms with E-state index in [1.54, 1.807) is 0 Å². The Balaban J connectivity index is 2.22. The summed E-state index contributed by atoms with van der Waals surface area (Å²) in [6.07, 6.45) is 0.884. The monoisotopic (exact) mass is 256 g/mol. The molecule has 0 spiro atoms. The number of hydrogen-bond acceptors (Lipinski definition) is 5. The van der Waals surface area contributed by atoms with Gasteiger partial charge in [-0.15, -0.1) is 11.3 Å². The second kappa shape index (κ2) is 3.82. The topological polar surface area (TPSA) is 70.8 Å². The van der Waals surface area contributed by atoms with Crippen molar-refractivity contribution in [2.45, 2.75) is 19.8 Å². The molecule has 1 saturated heterocycles. The molecule has 1 aliphatic rings. The Kier molecular flexibility index (Phi) is 2.76. The molecule has 1 aromatic rings. The maximum absolute atomic E-state index is 11.4. The summed E-state index contributed by atoms with van der Waals surface area (Å²) in [6.45, 7) is 1.90. The maximum Gasteiger partial charge on any atom is 0.151 e. The molecule has 1 fully saturated rings. The van der Waals surface area contributed by atoms with Crippen LogP contribution in [0.25, 0.3) is 0 Å². The molecule has 1 aliphatic heterocycles. The van der Waals surface area contributed by atoms with Crippen LogP contribution >= 0.6 is 11.3 Å². The van der Waals surface area contributed by atoms with Crippen molar-refractivity contribution < 1.29 is 8.42 Å².